The van der Waals surface area contributed by atoms with Crippen LogP contribution in [0.5, 0.6) is 0 Å². The van der Waals surface area contributed by atoms with Crippen LogP contribution in [0, 0.1) is 0 Å². The number of hydrogen-bond acceptors (Lipinski definition) is 8. The van der Waals surface area contributed by atoms with Crippen LogP contribution < -0.4 is 0 Å². The molecule has 0 saturated carbocycles. The van der Waals surface area contributed by atoms with Crippen LogP contribution in [0.2, 0.25) is 0 Å². The molecule has 0 saturated heterocycles. The zero-order valence-electron chi connectivity index (χ0n) is 12.9. The Morgan fingerprint density at radius 1 is 1.15 bits per heavy atom. The van der Waals surface area contributed by atoms with Gasteiger partial charge in [0, 0.05) is 18.9 Å². The van der Waals surface area contributed by atoms with Crippen molar-refractivity contribution in [1.29, 1.82) is 0 Å². The van der Waals surface area contributed by atoms with Crippen molar-refractivity contribution in [3.8, 4) is 0 Å². The Morgan fingerprint density at radius 3 is 2.08 bits per heavy atom. The number of carboxylic acids is 2. The number of aliphatic hydroxyl groups is 1. The highest BCUT2D eigenvalue weighted by Crippen LogP contribution is 2.44. The van der Waals surface area contributed by atoms with E-state index in [-0.39, 0.29) is 0 Å². The summed E-state index contributed by atoms with van der Waals surface area (Å²) in [5.41, 5.74) is -0.553. The number of rotatable bonds is 8. The second kappa shape index (κ2) is 7.82. The average Bonchev–Trinajstić information content (AvgIpc) is 2.39. The maximum atomic E-state index is 11.2. The lowest BCUT2D eigenvalue weighted by atomic mass is 9.92. The van der Waals surface area contributed by atoms with Crippen LogP contribution in [-0.2, 0) is 32.5 Å². The quantitative estimate of drug-likeness (QED) is 0.175. The number of phosphoric acid groups is 2. The van der Waals surface area contributed by atoms with Gasteiger partial charge >= 0.3 is 27.6 Å². The molecule has 1 aliphatic carbocycles. The van der Waals surface area contributed by atoms with E-state index in [0.29, 0.717) is 13.0 Å². The highest BCUT2D eigenvalue weighted by molar-refractivity contribution is 7.46. The molecule has 0 aromatic heterocycles. The maximum Gasteiger partial charge on any atom is 0.472 e. The molecule has 26 heavy (non-hydrogen) atoms. The molecule has 4 atom stereocenters. The Hall–Kier alpha value is -1.18. The van der Waals surface area contributed by atoms with Crippen LogP contribution in [0.4, 0.5) is 0 Å². The molecule has 0 bridgehead atoms. The van der Waals surface area contributed by atoms with E-state index in [9.17, 15) is 23.8 Å². The molecule has 0 radical (unpaired) electrons. The first-order chi connectivity index (χ1) is 11.5. The van der Waals surface area contributed by atoms with Gasteiger partial charge in [0.25, 0.3) is 5.79 Å². The molecule has 14 nitrogen and oxygen atoms in total. The summed E-state index contributed by atoms with van der Waals surface area (Å²) < 4.78 is 35.0. The van der Waals surface area contributed by atoms with Crippen LogP contribution in [0.25, 0.3) is 0 Å². The van der Waals surface area contributed by atoms with Gasteiger partial charge in [0.15, 0.2) is 0 Å². The van der Waals surface area contributed by atoms with Gasteiger partial charge in [-0.3, -0.25) is 4.52 Å². The van der Waals surface area contributed by atoms with Gasteiger partial charge in [-0.05, 0) is 6.08 Å². The fraction of sp³-hybridized carbons (Fsp3) is 0.600. The average molecular weight is 422 g/mol. The third-order valence-corrected chi connectivity index (χ3v) is 4.20. The predicted molar refractivity (Wildman–Crippen MR) is 77.3 cm³/mol. The van der Waals surface area contributed by atoms with Gasteiger partial charge in [0.1, 0.15) is 12.2 Å². The molecule has 16 heteroatoms. The zero-order chi connectivity index (χ0) is 20.5. The molecule has 7 N–H and O–H groups in total. The second-order valence-electron chi connectivity index (χ2n) is 5.24. The fourth-order valence-corrected chi connectivity index (χ4v) is 3.14. The third kappa shape index (κ3) is 6.52. The Kier molecular flexibility index (Phi) is 6.88. The first kappa shape index (κ1) is 22.9. The predicted octanol–water partition coefficient (Wildman–Crippen LogP) is -1.46. The Balaban J connectivity index is 3.19. The van der Waals surface area contributed by atoms with E-state index in [1.165, 1.54) is 0 Å². The summed E-state index contributed by atoms with van der Waals surface area (Å²) in [4.78, 5) is 57.6. The van der Waals surface area contributed by atoms with Crippen LogP contribution >= 0.6 is 15.6 Å². The fourth-order valence-electron chi connectivity index (χ4n) is 2.06. The summed E-state index contributed by atoms with van der Waals surface area (Å²) in [6.07, 6.45) is -5.70. The van der Waals surface area contributed by atoms with Crippen molar-refractivity contribution in [2.45, 2.75) is 37.4 Å². The summed E-state index contributed by atoms with van der Waals surface area (Å²) in [7, 11) is -10.6. The number of carbonyl (C=O) groups is 2. The molecular weight excluding hydrogens is 406 g/mol. The Bertz CT molecular complexity index is 690. The van der Waals surface area contributed by atoms with Gasteiger partial charge in [-0.1, -0.05) is 0 Å². The third-order valence-electron chi connectivity index (χ3n) is 3.10. The van der Waals surface area contributed by atoms with Gasteiger partial charge in [-0.2, -0.15) is 0 Å². The van der Waals surface area contributed by atoms with Crippen molar-refractivity contribution in [3.63, 3.8) is 0 Å². The van der Waals surface area contributed by atoms with Crippen molar-refractivity contribution in [1.82, 2.24) is 0 Å². The van der Waals surface area contributed by atoms with Gasteiger partial charge in [0.2, 0.25) is 0 Å². The summed E-state index contributed by atoms with van der Waals surface area (Å²) in [5.74, 6) is -6.62. The zero-order valence-corrected chi connectivity index (χ0v) is 14.7. The van der Waals surface area contributed by atoms with Gasteiger partial charge in [0.05, 0.1) is 6.10 Å². The Labute approximate surface area is 145 Å². The maximum absolute atomic E-state index is 11.2. The first-order valence-corrected chi connectivity index (χ1v) is 9.63. The number of aliphatic carboxylic acids is 2. The van der Waals surface area contributed by atoms with E-state index < -0.39 is 63.7 Å². The van der Waals surface area contributed by atoms with E-state index in [0.717, 1.165) is 0 Å². The normalized spacial score (nSPS) is 26.7. The molecule has 1 rings (SSSR count). The highest BCUT2D eigenvalue weighted by Gasteiger charge is 2.48. The molecule has 0 spiro atoms. The molecule has 1 aliphatic rings. The lowest BCUT2D eigenvalue weighted by molar-refractivity contribution is -0.241. The van der Waals surface area contributed by atoms with Crippen molar-refractivity contribution in [2.75, 3.05) is 0 Å². The van der Waals surface area contributed by atoms with Gasteiger partial charge in [-0.15, -0.1) is 0 Å². The van der Waals surface area contributed by atoms with E-state index in [2.05, 4.69) is 9.05 Å². The van der Waals surface area contributed by atoms with Crippen molar-refractivity contribution < 1.29 is 67.4 Å². The number of ether oxygens (including phenoxy) is 1. The molecule has 0 aromatic carbocycles. The molecular formula is C10H16O14P2. The van der Waals surface area contributed by atoms with E-state index >= 15 is 0 Å². The summed E-state index contributed by atoms with van der Waals surface area (Å²) in [6, 6.07) is 0. The summed E-state index contributed by atoms with van der Waals surface area (Å²) in [6.45, 7) is 0.582. The molecule has 0 amide bonds. The van der Waals surface area contributed by atoms with Crippen molar-refractivity contribution in [2.24, 2.45) is 0 Å². The van der Waals surface area contributed by atoms with E-state index in [4.69, 9.17) is 34.5 Å². The first-order valence-electron chi connectivity index (χ1n) is 6.57. The molecule has 0 heterocycles. The van der Waals surface area contributed by atoms with Crippen LogP contribution in [0.3, 0.4) is 0 Å². The number of carboxylic acid groups (broad SMARTS) is 2. The van der Waals surface area contributed by atoms with Crippen LogP contribution in [0.1, 0.15) is 13.3 Å². The SMILES string of the molecule is C[C@@](O[C@@H]1CC(C(=O)O)=C[C@@H](OP(=O)(O)O)[C@H]1O)(OP(=O)(O)O)C(=O)O. The standard InChI is InChI=1S/C10H16O14P2/c1-10(9(14)15,24-26(19,20)21)22-5-2-4(8(12)13)3-6(7(5)11)23-25(16,17)18/h3,5-7,11H,2H2,1H3,(H,12,13)(H,14,15)(H2,16,17,18)(H2,19,20,21)/t5-,6-,7+,10-/m1/s1. The minimum absolute atomic E-state index is 0.553. The lowest BCUT2D eigenvalue weighted by Gasteiger charge is -2.37. The molecule has 150 valence electrons. The van der Waals surface area contributed by atoms with Gasteiger partial charge < -0.3 is 39.6 Å². The number of aliphatic hydroxyl groups excluding tert-OH is 1. The van der Waals surface area contributed by atoms with Crippen LogP contribution in [-0.4, -0.2) is 70.9 Å². The lowest BCUT2D eigenvalue weighted by Crippen LogP contribution is -2.51. The topological polar surface area (TPSA) is 238 Å². The largest absolute Gasteiger partial charge is 0.478 e. The number of hydrogen-bond donors (Lipinski definition) is 7. The highest BCUT2D eigenvalue weighted by atomic mass is 31.2. The smallest absolute Gasteiger partial charge is 0.472 e. The van der Waals surface area contributed by atoms with E-state index in [1.807, 2.05) is 0 Å². The number of phosphoric ester groups is 2. The van der Waals surface area contributed by atoms with Crippen LogP contribution in [0.15, 0.2) is 11.6 Å². The minimum Gasteiger partial charge on any atom is -0.478 e. The summed E-state index contributed by atoms with van der Waals surface area (Å²) >= 11 is 0. The Morgan fingerprint density at radius 2 is 1.69 bits per heavy atom. The minimum atomic E-state index is -5.39. The van der Waals surface area contributed by atoms with Crippen molar-refractivity contribution >= 4 is 27.6 Å². The molecule has 0 unspecified atom stereocenters. The molecule has 0 fully saturated rings. The molecule has 0 aromatic rings. The second-order valence-corrected chi connectivity index (χ2v) is 7.60. The monoisotopic (exact) mass is 422 g/mol. The summed E-state index contributed by atoms with van der Waals surface area (Å²) in [5, 5.41) is 28.2. The van der Waals surface area contributed by atoms with Gasteiger partial charge in [-0.25, -0.2) is 23.2 Å². The van der Waals surface area contributed by atoms with E-state index in [1.54, 1.807) is 0 Å². The molecule has 0 aliphatic heterocycles. The van der Waals surface area contributed by atoms with Crippen molar-refractivity contribution in [3.05, 3.63) is 11.6 Å².